The van der Waals surface area contributed by atoms with E-state index in [0.29, 0.717) is 17.4 Å². The number of rotatable bonds is 63. The molecule has 2 atom stereocenters. The first-order chi connectivity index (χ1) is 38.6. The van der Waals surface area contributed by atoms with Gasteiger partial charge >= 0.3 is 11.9 Å². The maximum atomic E-state index is 12.9. The molecule has 0 radical (unpaired) electrons. The molecule has 0 bridgehead atoms. The molecule has 2 unspecified atom stereocenters. The van der Waals surface area contributed by atoms with E-state index >= 15 is 0 Å². The molecule has 0 fully saturated rings. The summed E-state index contributed by atoms with van der Waals surface area (Å²) in [5.74, 6) is -2.26. The standard InChI is InChI=1S/C70H129NO8/c1-6-8-10-12-14-16-18-20-22-24-26-27-28-29-30-31-32-33-34-35-36-37-38-39-40-41-43-45-47-49-51-53-55-57-59-61-68(73)79-66(65-78-70(69(74)75)76-63-62-71(3,4)5)64-77-67(72)60-58-56-54-52-50-48-46-44-42-25-23-21-19-17-15-13-11-9-7-2/h8,10,14,16,20,22,26-27,66,70H,6-7,9,11-13,15,17-19,21,23-25,28-65H2,1-5H3/b10-8-,16-14-,22-20-,27-26-. The highest BCUT2D eigenvalue weighted by atomic mass is 16.7. The summed E-state index contributed by atoms with van der Waals surface area (Å²) in [7, 11) is 5.94. The lowest BCUT2D eigenvalue weighted by Gasteiger charge is -2.26. The van der Waals surface area contributed by atoms with E-state index in [2.05, 4.69) is 62.5 Å². The fraction of sp³-hybridized carbons (Fsp3) is 0.843. The quantitative estimate of drug-likeness (QED) is 0.0195. The van der Waals surface area contributed by atoms with Gasteiger partial charge in [0.15, 0.2) is 12.4 Å². The van der Waals surface area contributed by atoms with Crippen molar-refractivity contribution in [3.8, 4) is 0 Å². The molecule has 0 aliphatic heterocycles. The van der Waals surface area contributed by atoms with Crippen LogP contribution in [0, 0.1) is 0 Å². The number of ether oxygens (including phenoxy) is 4. The second-order valence-electron chi connectivity index (χ2n) is 24.1. The van der Waals surface area contributed by atoms with Crippen LogP contribution in [0.2, 0.25) is 0 Å². The van der Waals surface area contributed by atoms with E-state index in [1.54, 1.807) is 0 Å². The summed E-state index contributed by atoms with van der Waals surface area (Å²) in [5.41, 5.74) is 0. The number of carboxylic acid groups (broad SMARTS) is 1. The smallest absolute Gasteiger partial charge is 0.306 e. The van der Waals surface area contributed by atoms with Gasteiger partial charge in [-0.2, -0.15) is 0 Å². The van der Waals surface area contributed by atoms with E-state index in [1.165, 1.54) is 231 Å². The van der Waals surface area contributed by atoms with E-state index in [-0.39, 0.29) is 32.2 Å². The lowest BCUT2D eigenvalue weighted by atomic mass is 10.0. The molecule has 79 heavy (non-hydrogen) atoms. The fourth-order valence-electron chi connectivity index (χ4n) is 9.94. The molecule has 0 aromatic heterocycles. The highest BCUT2D eigenvalue weighted by Crippen LogP contribution is 2.18. The zero-order chi connectivity index (χ0) is 57.6. The minimum Gasteiger partial charge on any atom is -0.545 e. The summed E-state index contributed by atoms with van der Waals surface area (Å²) in [6, 6.07) is 0. The van der Waals surface area contributed by atoms with Crippen LogP contribution >= 0.6 is 0 Å². The molecule has 0 spiro atoms. The Bertz CT molecular complexity index is 1430. The molecule has 0 N–H and O–H groups in total. The van der Waals surface area contributed by atoms with Gasteiger partial charge in [0.2, 0.25) is 0 Å². The number of aliphatic carboxylic acids is 1. The van der Waals surface area contributed by atoms with Crippen molar-refractivity contribution in [1.29, 1.82) is 0 Å². The molecule has 0 saturated heterocycles. The molecule has 0 aliphatic carbocycles. The molecule has 0 rings (SSSR count). The van der Waals surface area contributed by atoms with Gasteiger partial charge in [-0.1, -0.05) is 306 Å². The van der Waals surface area contributed by atoms with Crippen LogP contribution in [0.25, 0.3) is 0 Å². The first-order valence-corrected chi connectivity index (χ1v) is 33.8. The summed E-state index contributed by atoms with van der Waals surface area (Å²) in [4.78, 5) is 37.4. The number of unbranched alkanes of at least 4 members (excludes halogenated alkanes) is 40. The number of quaternary nitrogens is 1. The highest BCUT2D eigenvalue weighted by molar-refractivity contribution is 5.70. The minimum absolute atomic E-state index is 0.151. The average Bonchev–Trinajstić information content (AvgIpc) is 3.42. The van der Waals surface area contributed by atoms with Gasteiger partial charge in [-0.15, -0.1) is 0 Å². The van der Waals surface area contributed by atoms with Gasteiger partial charge in [-0.25, -0.2) is 0 Å². The van der Waals surface area contributed by atoms with E-state index in [1.807, 2.05) is 21.1 Å². The second-order valence-corrected chi connectivity index (χ2v) is 24.1. The van der Waals surface area contributed by atoms with Crippen molar-refractivity contribution in [3.05, 3.63) is 48.6 Å². The van der Waals surface area contributed by atoms with Crippen LogP contribution in [-0.2, 0) is 33.3 Å². The average molecular weight is 1110 g/mol. The molecule has 0 aliphatic rings. The lowest BCUT2D eigenvalue weighted by Crippen LogP contribution is -2.44. The van der Waals surface area contributed by atoms with Crippen molar-refractivity contribution in [2.24, 2.45) is 0 Å². The summed E-state index contributed by atoms with van der Waals surface area (Å²) in [6.07, 6.45) is 74.8. The van der Waals surface area contributed by atoms with Crippen LogP contribution in [-0.4, -0.2) is 82.3 Å². The van der Waals surface area contributed by atoms with E-state index in [4.69, 9.17) is 18.9 Å². The first kappa shape index (κ1) is 76.2. The molecule has 0 saturated carbocycles. The summed E-state index contributed by atoms with van der Waals surface area (Å²) in [6.45, 7) is 4.70. The summed E-state index contributed by atoms with van der Waals surface area (Å²) < 4.78 is 22.8. The van der Waals surface area contributed by atoms with E-state index in [0.717, 1.165) is 64.2 Å². The summed E-state index contributed by atoms with van der Waals surface area (Å²) in [5, 5.41) is 11.8. The lowest BCUT2D eigenvalue weighted by molar-refractivity contribution is -0.870. The van der Waals surface area contributed by atoms with Gasteiger partial charge in [0, 0.05) is 12.8 Å². The summed E-state index contributed by atoms with van der Waals surface area (Å²) >= 11 is 0. The first-order valence-electron chi connectivity index (χ1n) is 33.8. The topological polar surface area (TPSA) is 111 Å². The predicted molar refractivity (Wildman–Crippen MR) is 334 cm³/mol. The number of allylic oxidation sites excluding steroid dienone is 8. The van der Waals surface area contributed by atoms with Crippen molar-refractivity contribution >= 4 is 17.9 Å². The molecule has 0 aromatic carbocycles. The molecule has 0 amide bonds. The Hall–Kier alpha value is -2.75. The number of carboxylic acids is 1. The molecule has 0 aromatic rings. The fourth-order valence-corrected chi connectivity index (χ4v) is 9.94. The van der Waals surface area contributed by atoms with Gasteiger partial charge in [0.05, 0.1) is 40.3 Å². The van der Waals surface area contributed by atoms with E-state index < -0.39 is 24.3 Å². The number of hydrogen-bond donors (Lipinski definition) is 0. The number of carbonyl (C=O) groups excluding carboxylic acids is 3. The zero-order valence-corrected chi connectivity index (χ0v) is 52.8. The highest BCUT2D eigenvalue weighted by Gasteiger charge is 2.22. The normalized spacial score (nSPS) is 13.0. The van der Waals surface area contributed by atoms with Crippen LogP contribution in [0.5, 0.6) is 0 Å². The SMILES string of the molecule is CC/C=C\C/C=C\C/C=C\C/C=C\CCCCCCCCCCCCCCCCCCCCCCCCC(=O)OC(COC(=O)CCCCCCCCCCCCCCCCCCCCC)COC(OCC[N+](C)(C)C)C(=O)[O-]. The Morgan fingerprint density at radius 2 is 0.722 bits per heavy atom. The Balaban J connectivity index is 4.03. The Labute approximate surface area is 489 Å². The van der Waals surface area contributed by atoms with Crippen molar-refractivity contribution in [3.63, 3.8) is 0 Å². The number of likely N-dealkylation sites (N-methyl/N-ethyl adjacent to an activating group) is 1. The molecular formula is C70H129NO8. The maximum absolute atomic E-state index is 12.9. The second kappa shape index (κ2) is 61.3. The van der Waals surface area contributed by atoms with Gasteiger partial charge in [-0.3, -0.25) is 9.59 Å². The van der Waals surface area contributed by atoms with Crippen LogP contribution in [0.15, 0.2) is 48.6 Å². The largest absolute Gasteiger partial charge is 0.545 e. The Morgan fingerprint density at radius 3 is 1.08 bits per heavy atom. The predicted octanol–water partition coefficient (Wildman–Crippen LogP) is 19.2. The van der Waals surface area contributed by atoms with Crippen molar-refractivity contribution < 1.29 is 42.9 Å². The number of esters is 2. The minimum atomic E-state index is -1.62. The third-order valence-corrected chi connectivity index (χ3v) is 15.1. The molecule has 0 heterocycles. The Morgan fingerprint density at radius 1 is 0.392 bits per heavy atom. The Kier molecular flexibility index (Phi) is 59.2. The maximum Gasteiger partial charge on any atom is 0.306 e. The molecule has 9 heteroatoms. The van der Waals surface area contributed by atoms with Crippen molar-refractivity contribution in [1.82, 2.24) is 0 Å². The van der Waals surface area contributed by atoms with E-state index in [9.17, 15) is 19.5 Å². The molecule has 9 nitrogen and oxygen atoms in total. The number of carbonyl (C=O) groups is 3. The van der Waals surface area contributed by atoms with Gasteiger partial charge < -0.3 is 33.3 Å². The third kappa shape index (κ3) is 62.7. The number of nitrogens with zero attached hydrogens (tertiary/aromatic N) is 1. The molecular weight excluding hydrogens is 983 g/mol. The van der Waals surface area contributed by atoms with Gasteiger partial charge in [-0.05, 0) is 51.4 Å². The van der Waals surface area contributed by atoms with Gasteiger partial charge in [0.1, 0.15) is 13.2 Å². The van der Waals surface area contributed by atoms with Crippen LogP contribution < -0.4 is 5.11 Å². The van der Waals surface area contributed by atoms with Crippen LogP contribution in [0.3, 0.4) is 0 Å². The number of hydrogen-bond acceptors (Lipinski definition) is 8. The van der Waals surface area contributed by atoms with Crippen molar-refractivity contribution in [2.45, 2.75) is 334 Å². The third-order valence-electron chi connectivity index (χ3n) is 15.1. The monoisotopic (exact) mass is 1110 g/mol. The van der Waals surface area contributed by atoms with Crippen molar-refractivity contribution in [2.75, 3.05) is 47.5 Å². The van der Waals surface area contributed by atoms with Crippen LogP contribution in [0.4, 0.5) is 0 Å². The van der Waals surface area contributed by atoms with Gasteiger partial charge in [0.25, 0.3) is 0 Å². The van der Waals surface area contributed by atoms with Crippen LogP contribution in [0.1, 0.15) is 322 Å². The zero-order valence-electron chi connectivity index (χ0n) is 52.8. The molecule has 462 valence electrons.